The summed E-state index contributed by atoms with van der Waals surface area (Å²) in [5.74, 6) is 1.20. The normalized spacial score (nSPS) is 14.8. The number of methoxy groups -OCH3 is 2. The number of anilines is 2. The van der Waals surface area contributed by atoms with Crippen molar-refractivity contribution >= 4 is 23.2 Å². The lowest BCUT2D eigenvalue weighted by molar-refractivity contribution is -0.125. The van der Waals surface area contributed by atoms with Gasteiger partial charge in [0.1, 0.15) is 17.2 Å². The molecule has 4 rings (SSSR count). The molecule has 0 radical (unpaired) electrons. The summed E-state index contributed by atoms with van der Waals surface area (Å²) in [5.41, 5.74) is 2.81. The maximum atomic E-state index is 12.8. The van der Waals surface area contributed by atoms with E-state index >= 15 is 0 Å². The predicted molar refractivity (Wildman–Crippen MR) is 127 cm³/mol. The zero-order valence-corrected chi connectivity index (χ0v) is 18.8. The molecule has 1 unspecified atom stereocenters. The largest absolute Gasteiger partial charge is 0.497 e. The minimum Gasteiger partial charge on any atom is -0.497 e. The quantitative estimate of drug-likeness (QED) is 0.585. The Morgan fingerprint density at radius 3 is 2.36 bits per heavy atom. The number of amides is 2. The number of hydrogen-bond acceptors (Lipinski definition) is 5. The Labute approximate surface area is 192 Å². The second-order valence-electron chi connectivity index (χ2n) is 7.72. The van der Waals surface area contributed by atoms with Crippen LogP contribution in [0.15, 0.2) is 66.7 Å². The lowest BCUT2D eigenvalue weighted by Crippen LogP contribution is -2.45. The molecule has 7 nitrogen and oxygen atoms in total. The number of hydrogen-bond donors (Lipinski definition) is 1. The molecule has 7 heteroatoms. The number of ether oxygens (including phenoxy) is 3. The molecule has 0 aromatic heterocycles. The van der Waals surface area contributed by atoms with Gasteiger partial charge in [0.15, 0.2) is 6.10 Å². The van der Waals surface area contributed by atoms with Gasteiger partial charge in [-0.25, -0.2) is 0 Å². The fourth-order valence-electron chi connectivity index (χ4n) is 3.75. The molecule has 3 aromatic carbocycles. The van der Waals surface area contributed by atoms with Gasteiger partial charge in [0, 0.05) is 29.9 Å². The number of carbonyl (C=O) groups is 2. The van der Waals surface area contributed by atoms with E-state index in [4.69, 9.17) is 14.2 Å². The zero-order chi connectivity index (χ0) is 23.4. The van der Waals surface area contributed by atoms with E-state index in [1.54, 1.807) is 48.2 Å². The monoisotopic (exact) mass is 446 g/mol. The molecule has 1 aliphatic rings. The number of nitrogens with zero attached hydrogens (tertiary/aromatic N) is 1. The summed E-state index contributed by atoms with van der Waals surface area (Å²) >= 11 is 0. The minimum absolute atomic E-state index is 0.0845. The van der Waals surface area contributed by atoms with Crippen molar-refractivity contribution in [1.29, 1.82) is 0 Å². The summed E-state index contributed by atoms with van der Waals surface area (Å²) in [5, 5.41) is 2.88. The highest BCUT2D eigenvalue weighted by Gasteiger charge is 2.31. The van der Waals surface area contributed by atoms with Gasteiger partial charge in [0.2, 0.25) is 0 Å². The van der Waals surface area contributed by atoms with Gasteiger partial charge in [-0.2, -0.15) is 0 Å². The van der Waals surface area contributed by atoms with Crippen molar-refractivity contribution in [2.75, 3.05) is 31.0 Å². The Kier molecular flexibility index (Phi) is 6.49. The van der Waals surface area contributed by atoms with Crippen LogP contribution in [0.1, 0.15) is 22.8 Å². The summed E-state index contributed by atoms with van der Waals surface area (Å²) < 4.78 is 16.3. The first kappa shape index (κ1) is 22.2. The Hall–Kier alpha value is -4.00. The average Bonchev–Trinajstić information content (AvgIpc) is 2.84. The van der Waals surface area contributed by atoms with Crippen molar-refractivity contribution < 1.29 is 23.8 Å². The zero-order valence-electron chi connectivity index (χ0n) is 18.8. The first-order chi connectivity index (χ1) is 16.0. The minimum atomic E-state index is -0.609. The van der Waals surface area contributed by atoms with Crippen LogP contribution in [0.25, 0.3) is 0 Å². The van der Waals surface area contributed by atoms with E-state index in [-0.39, 0.29) is 11.8 Å². The molecular weight excluding hydrogens is 420 g/mol. The molecule has 2 amide bonds. The van der Waals surface area contributed by atoms with Crippen LogP contribution in [0, 0.1) is 0 Å². The summed E-state index contributed by atoms with van der Waals surface area (Å²) in [4.78, 5) is 27.4. The van der Waals surface area contributed by atoms with Crippen LogP contribution in [0.5, 0.6) is 17.2 Å². The van der Waals surface area contributed by atoms with Crippen LogP contribution in [-0.4, -0.2) is 38.7 Å². The van der Waals surface area contributed by atoms with Crippen molar-refractivity contribution in [2.45, 2.75) is 19.4 Å². The topological polar surface area (TPSA) is 77.1 Å². The number of fused-ring (bicyclic) bond motifs is 1. The molecule has 1 heterocycles. The Morgan fingerprint density at radius 2 is 1.70 bits per heavy atom. The molecule has 0 bridgehead atoms. The van der Waals surface area contributed by atoms with Crippen LogP contribution < -0.4 is 24.4 Å². The Morgan fingerprint density at radius 1 is 1.00 bits per heavy atom. The van der Waals surface area contributed by atoms with Gasteiger partial charge in [-0.15, -0.1) is 0 Å². The number of carbonyl (C=O) groups excluding carboxylic acids is 2. The smallest absolute Gasteiger partial charge is 0.267 e. The maximum Gasteiger partial charge on any atom is 0.267 e. The van der Waals surface area contributed by atoms with Crippen molar-refractivity contribution in [1.82, 2.24) is 0 Å². The molecular formula is C26H26N2O5. The van der Waals surface area contributed by atoms with Crippen LogP contribution in [0.4, 0.5) is 11.4 Å². The molecule has 0 aliphatic carbocycles. The first-order valence-electron chi connectivity index (χ1n) is 10.7. The average molecular weight is 447 g/mol. The van der Waals surface area contributed by atoms with E-state index in [2.05, 4.69) is 5.32 Å². The van der Waals surface area contributed by atoms with Crippen molar-refractivity contribution in [3.8, 4) is 17.2 Å². The van der Waals surface area contributed by atoms with Crippen LogP contribution >= 0.6 is 0 Å². The first-order valence-corrected chi connectivity index (χ1v) is 10.7. The second kappa shape index (κ2) is 9.65. The van der Waals surface area contributed by atoms with E-state index < -0.39 is 6.10 Å². The van der Waals surface area contributed by atoms with E-state index in [1.165, 1.54) is 14.2 Å². The van der Waals surface area contributed by atoms with E-state index in [0.717, 1.165) is 12.0 Å². The van der Waals surface area contributed by atoms with Gasteiger partial charge in [0.05, 0.1) is 19.9 Å². The van der Waals surface area contributed by atoms with Crippen LogP contribution in [0.2, 0.25) is 0 Å². The van der Waals surface area contributed by atoms with Gasteiger partial charge in [-0.05, 0) is 43.2 Å². The van der Waals surface area contributed by atoms with Gasteiger partial charge >= 0.3 is 0 Å². The third-order valence-corrected chi connectivity index (χ3v) is 5.51. The van der Waals surface area contributed by atoms with Crippen molar-refractivity contribution in [3.05, 3.63) is 77.9 Å². The fourth-order valence-corrected chi connectivity index (χ4v) is 3.75. The van der Waals surface area contributed by atoms with E-state index in [9.17, 15) is 9.59 Å². The third kappa shape index (κ3) is 4.92. The van der Waals surface area contributed by atoms with Crippen molar-refractivity contribution in [2.24, 2.45) is 0 Å². The Balaban J connectivity index is 1.54. The summed E-state index contributed by atoms with van der Waals surface area (Å²) in [6, 6.07) is 20.3. The molecule has 0 saturated heterocycles. The van der Waals surface area contributed by atoms with Crippen LogP contribution in [-0.2, 0) is 11.2 Å². The van der Waals surface area contributed by atoms with E-state index in [1.807, 2.05) is 30.3 Å². The molecule has 33 heavy (non-hydrogen) atoms. The summed E-state index contributed by atoms with van der Waals surface area (Å²) in [6.07, 6.45) is 0.122. The summed E-state index contributed by atoms with van der Waals surface area (Å²) in [7, 11) is 3.06. The second-order valence-corrected chi connectivity index (χ2v) is 7.72. The van der Waals surface area contributed by atoms with Gasteiger partial charge in [-0.1, -0.05) is 30.3 Å². The lowest BCUT2D eigenvalue weighted by atomic mass is 10.1. The highest BCUT2D eigenvalue weighted by molar-refractivity contribution is 6.05. The molecule has 1 aliphatic heterocycles. The van der Waals surface area contributed by atoms with Gasteiger partial charge in [-0.3, -0.25) is 9.59 Å². The molecule has 0 fully saturated rings. The van der Waals surface area contributed by atoms with Gasteiger partial charge in [0.25, 0.3) is 11.8 Å². The van der Waals surface area contributed by atoms with E-state index in [0.29, 0.717) is 40.7 Å². The number of benzene rings is 3. The fraction of sp³-hybridized carbons (Fsp3) is 0.231. The third-order valence-electron chi connectivity index (χ3n) is 5.51. The molecule has 3 aromatic rings. The lowest BCUT2D eigenvalue weighted by Gasteiger charge is -2.33. The molecule has 0 saturated carbocycles. The number of rotatable bonds is 7. The SMILES string of the molecule is COc1cc(OC)cc(C(=O)Nc2ccc3c(c2)OC(C)C(=O)N3CCc2ccccc2)c1. The highest BCUT2D eigenvalue weighted by Crippen LogP contribution is 2.36. The standard InChI is InChI=1S/C26H26N2O5/c1-17-26(30)28(12-11-18-7-5-4-6-8-18)23-10-9-20(15-24(23)33-17)27-25(29)19-13-21(31-2)16-22(14-19)32-3/h4-10,13-17H,11-12H2,1-3H3,(H,27,29). The Bertz CT molecular complexity index is 1140. The summed E-state index contributed by atoms with van der Waals surface area (Å²) in [6.45, 7) is 2.27. The predicted octanol–water partition coefficient (Wildman–Crippen LogP) is 4.31. The molecule has 1 atom stereocenters. The number of nitrogens with one attached hydrogen (secondary N) is 1. The van der Waals surface area contributed by atoms with Crippen LogP contribution in [0.3, 0.4) is 0 Å². The maximum absolute atomic E-state index is 12.8. The van der Waals surface area contributed by atoms with Crippen molar-refractivity contribution in [3.63, 3.8) is 0 Å². The molecule has 1 N–H and O–H groups in total. The van der Waals surface area contributed by atoms with Gasteiger partial charge < -0.3 is 24.4 Å². The highest BCUT2D eigenvalue weighted by atomic mass is 16.5. The molecule has 170 valence electrons. The molecule has 0 spiro atoms.